The molecule has 0 spiro atoms. The van der Waals surface area contributed by atoms with Crippen molar-refractivity contribution in [2.75, 3.05) is 24.7 Å². The number of nitrogens with one attached hydrogen (secondary N) is 1. The fraction of sp³-hybridized carbons (Fsp3) is 1.00. The Morgan fingerprint density at radius 1 is 1.33 bits per heavy atom. The fourth-order valence-electron chi connectivity index (χ4n) is 2.35. The van der Waals surface area contributed by atoms with Gasteiger partial charge in [-0.15, -0.1) is 0 Å². The molecule has 2 saturated heterocycles. The molecule has 0 aromatic heterocycles. The van der Waals surface area contributed by atoms with Crippen LogP contribution in [-0.4, -0.2) is 45.2 Å². The Hall–Kier alpha value is -0.130. The van der Waals surface area contributed by atoms with Gasteiger partial charge in [0.05, 0.1) is 18.1 Å². The van der Waals surface area contributed by atoms with Crippen LogP contribution in [0.15, 0.2) is 0 Å². The summed E-state index contributed by atoms with van der Waals surface area (Å²) in [7, 11) is -2.86. The van der Waals surface area contributed by atoms with Gasteiger partial charge in [-0.05, 0) is 19.8 Å². The fourth-order valence-corrected chi connectivity index (χ4v) is 4.15. The first-order valence-corrected chi connectivity index (χ1v) is 7.43. The van der Waals surface area contributed by atoms with Crippen molar-refractivity contribution in [3.05, 3.63) is 0 Å². The third-order valence-electron chi connectivity index (χ3n) is 3.33. The van der Waals surface area contributed by atoms with Gasteiger partial charge in [0.1, 0.15) is 0 Å². The second-order valence-electron chi connectivity index (χ2n) is 4.70. The first kappa shape index (κ1) is 11.4. The number of ether oxygens (including phenoxy) is 1. The first-order valence-electron chi connectivity index (χ1n) is 5.61. The van der Waals surface area contributed by atoms with Crippen molar-refractivity contribution in [2.45, 2.75) is 31.8 Å². The zero-order valence-electron chi connectivity index (χ0n) is 9.11. The monoisotopic (exact) mass is 233 g/mol. The van der Waals surface area contributed by atoms with Crippen LogP contribution in [0.5, 0.6) is 0 Å². The Labute approximate surface area is 91.3 Å². The van der Waals surface area contributed by atoms with Crippen molar-refractivity contribution in [1.82, 2.24) is 5.32 Å². The Bertz CT molecular complexity index is 309. The summed E-state index contributed by atoms with van der Waals surface area (Å²) in [6, 6.07) is 0.392. The first-order chi connectivity index (χ1) is 7.07. The third kappa shape index (κ3) is 2.92. The van der Waals surface area contributed by atoms with E-state index in [-0.39, 0.29) is 11.8 Å². The van der Waals surface area contributed by atoms with Gasteiger partial charge in [-0.25, -0.2) is 8.42 Å². The van der Waals surface area contributed by atoms with Gasteiger partial charge in [0, 0.05) is 24.6 Å². The van der Waals surface area contributed by atoms with Crippen LogP contribution in [0.3, 0.4) is 0 Å². The topological polar surface area (TPSA) is 55.4 Å². The summed E-state index contributed by atoms with van der Waals surface area (Å²) >= 11 is 0. The van der Waals surface area contributed by atoms with Gasteiger partial charge < -0.3 is 10.1 Å². The predicted octanol–water partition coefficient (Wildman–Crippen LogP) is 0.188. The Kier molecular flexibility index (Phi) is 3.33. The molecular weight excluding hydrogens is 214 g/mol. The van der Waals surface area contributed by atoms with Crippen LogP contribution < -0.4 is 5.32 Å². The van der Waals surface area contributed by atoms with Crippen LogP contribution in [-0.2, 0) is 14.6 Å². The molecular formula is C10H19NO3S. The minimum Gasteiger partial charge on any atom is -0.381 e. The predicted molar refractivity (Wildman–Crippen MR) is 58.6 cm³/mol. The second-order valence-corrected chi connectivity index (χ2v) is 6.93. The zero-order valence-corrected chi connectivity index (χ0v) is 9.92. The largest absolute Gasteiger partial charge is 0.381 e. The Morgan fingerprint density at radius 2 is 2.13 bits per heavy atom. The molecule has 2 rings (SSSR count). The van der Waals surface area contributed by atoms with Crippen LogP contribution in [0.1, 0.15) is 19.8 Å². The van der Waals surface area contributed by atoms with Crippen molar-refractivity contribution >= 4 is 9.84 Å². The van der Waals surface area contributed by atoms with Crippen LogP contribution in [0.25, 0.3) is 0 Å². The van der Waals surface area contributed by atoms with Crippen molar-refractivity contribution in [2.24, 2.45) is 5.92 Å². The molecule has 0 radical (unpaired) electrons. The van der Waals surface area contributed by atoms with E-state index in [1.54, 1.807) is 0 Å². The van der Waals surface area contributed by atoms with Gasteiger partial charge in [-0.2, -0.15) is 0 Å². The highest BCUT2D eigenvalue weighted by Gasteiger charge is 2.33. The molecule has 0 aromatic carbocycles. The molecule has 3 atom stereocenters. The van der Waals surface area contributed by atoms with E-state index in [0.29, 0.717) is 24.3 Å². The molecule has 5 heteroatoms. The lowest BCUT2D eigenvalue weighted by atomic mass is 9.99. The summed E-state index contributed by atoms with van der Waals surface area (Å²) in [6.45, 7) is 3.54. The number of hydrogen-bond donors (Lipinski definition) is 1. The summed E-state index contributed by atoms with van der Waals surface area (Å²) in [5.41, 5.74) is 0. The normalized spacial score (nSPS) is 41.3. The zero-order chi connectivity index (χ0) is 10.9. The maximum atomic E-state index is 11.7. The molecule has 0 saturated carbocycles. The molecule has 15 heavy (non-hydrogen) atoms. The van der Waals surface area contributed by atoms with Crippen LogP contribution in [0.2, 0.25) is 0 Å². The van der Waals surface area contributed by atoms with E-state index in [9.17, 15) is 8.42 Å². The summed E-state index contributed by atoms with van der Waals surface area (Å²) < 4.78 is 28.7. The summed E-state index contributed by atoms with van der Waals surface area (Å²) in [5, 5.41) is 3.42. The third-order valence-corrected chi connectivity index (χ3v) is 5.05. The summed E-state index contributed by atoms with van der Waals surface area (Å²) in [4.78, 5) is 0. The van der Waals surface area contributed by atoms with E-state index in [1.807, 2.05) is 0 Å². The smallest absolute Gasteiger partial charge is 0.151 e. The maximum Gasteiger partial charge on any atom is 0.151 e. The molecule has 4 nitrogen and oxygen atoms in total. The van der Waals surface area contributed by atoms with Crippen LogP contribution in [0, 0.1) is 5.92 Å². The van der Waals surface area contributed by atoms with Crippen molar-refractivity contribution in [3.63, 3.8) is 0 Å². The van der Waals surface area contributed by atoms with E-state index >= 15 is 0 Å². The Morgan fingerprint density at radius 3 is 2.80 bits per heavy atom. The van der Waals surface area contributed by atoms with E-state index in [4.69, 9.17) is 4.74 Å². The molecule has 88 valence electrons. The van der Waals surface area contributed by atoms with E-state index < -0.39 is 9.84 Å². The minimum atomic E-state index is -2.86. The Balaban J connectivity index is 2.08. The minimum absolute atomic E-state index is 0.0926. The highest BCUT2D eigenvalue weighted by atomic mass is 32.2. The molecule has 2 fully saturated rings. The van der Waals surface area contributed by atoms with Gasteiger partial charge in [0.2, 0.25) is 0 Å². The van der Waals surface area contributed by atoms with Crippen molar-refractivity contribution in [3.8, 4) is 0 Å². The molecule has 3 unspecified atom stereocenters. The quantitative estimate of drug-likeness (QED) is 0.702. The number of hydrogen-bond acceptors (Lipinski definition) is 4. The van der Waals surface area contributed by atoms with Crippen LogP contribution >= 0.6 is 0 Å². The lowest BCUT2D eigenvalue weighted by Crippen LogP contribution is -2.43. The SMILES string of the molecule is CC1CCS(=O)(=O)CC(C2CCOC2)N1. The lowest BCUT2D eigenvalue weighted by molar-refractivity contribution is 0.177. The molecule has 0 amide bonds. The molecule has 2 aliphatic heterocycles. The standard InChI is InChI=1S/C10H19NO3S/c1-8-3-5-15(12,13)7-10(11-8)9-2-4-14-6-9/h8-11H,2-7H2,1H3. The molecule has 0 aliphatic carbocycles. The average molecular weight is 233 g/mol. The van der Waals surface area contributed by atoms with E-state index in [2.05, 4.69) is 12.2 Å². The second kappa shape index (κ2) is 4.39. The van der Waals surface area contributed by atoms with Gasteiger partial charge in [-0.1, -0.05) is 0 Å². The highest BCUT2D eigenvalue weighted by molar-refractivity contribution is 7.91. The van der Waals surface area contributed by atoms with Gasteiger partial charge in [-0.3, -0.25) is 0 Å². The molecule has 1 N–H and O–H groups in total. The van der Waals surface area contributed by atoms with Gasteiger partial charge in [0.15, 0.2) is 9.84 Å². The molecule has 0 bridgehead atoms. The maximum absolute atomic E-state index is 11.7. The van der Waals surface area contributed by atoms with E-state index in [1.165, 1.54) is 0 Å². The molecule has 2 heterocycles. The number of sulfone groups is 1. The van der Waals surface area contributed by atoms with Gasteiger partial charge in [0.25, 0.3) is 0 Å². The van der Waals surface area contributed by atoms with Crippen molar-refractivity contribution in [1.29, 1.82) is 0 Å². The average Bonchev–Trinajstić information content (AvgIpc) is 2.62. The summed E-state index contributed by atoms with van der Waals surface area (Å²) in [6.07, 6.45) is 1.71. The molecule has 0 aromatic rings. The number of rotatable bonds is 1. The van der Waals surface area contributed by atoms with Crippen LogP contribution in [0.4, 0.5) is 0 Å². The highest BCUT2D eigenvalue weighted by Crippen LogP contribution is 2.21. The lowest BCUT2D eigenvalue weighted by Gasteiger charge is -2.23. The molecule has 2 aliphatic rings. The van der Waals surface area contributed by atoms with Gasteiger partial charge >= 0.3 is 0 Å². The van der Waals surface area contributed by atoms with Crippen molar-refractivity contribution < 1.29 is 13.2 Å². The summed E-state index contributed by atoms with van der Waals surface area (Å²) in [5.74, 6) is 0.983. The van der Waals surface area contributed by atoms with E-state index in [0.717, 1.165) is 19.4 Å².